The zero-order valence-electron chi connectivity index (χ0n) is 10.0. The van der Waals surface area contributed by atoms with E-state index in [-0.39, 0.29) is 22.3 Å². The highest BCUT2D eigenvalue weighted by molar-refractivity contribution is 8.13. The van der Waals surface area contributed by atoms with Crippen molar-refractivity contribution in [1.82, 2.24) is 15.5 Å². The second kappa shape index (κ2) is 4.55. The van der Waals surface area contributed by atoms with Crippen LogP contribution in [0, 0.1) is 12.8 Å². The fraction of sp³-hybridized carbons (Fsp3) is 0.600. The number of carbonyl (C=O) groups excluding carboxylic acids is 1. The van der Waals surface area contributed by atoms with Crippen LogP contribution in [0.4, 0.5) is 0 Å². The quantitative estimate of drug-likeness (QED) is 0.815. The summed E-state index contributed by atoms with van der Waals surface area (Å²) < 4.78 is 22.8. The Labute approximate surface area is 110 Å². The van der Waals surface area contributed by atoms with Crippen molar-refractivity contribution in [2.45, 2.75) is 37.6 Å². The Morgan fingerprint density at radius 3 is 2.67 bits per heavy atom. The molecule has 0 bridgehead atoms. The van der Waals surface area contributed by atoms with Gasteiger partial charge >= 0.3 is 0 Å². The van der Waals surface area contributed by atoms with Crippen molar-refractivity contribution in [2.75, 3.05) is 0 Å². The van der Waals surface area contributed by atoms with Gasteiger partial charge in [0.1, 0.15) is 4.90 Å². The van der Waals surface area contributed by atoms with E-state index in [2.05, 4.69) is 15.5 Å². The fourth-order valence-corrected chi connectivity index (χ4v) is 3.21. The minimum atomic E-state index is -3.99. The Balaban J connectivity index is 2.25. The highest BCUT2D eigenvalue weighted by Crippen LogP contribution is 2.32. The van der Waals surface area contributed by atoms with E-state index < -0.39 is 15.0 Å². The maximum Gasteiger partial charge on any atom is 0.273 e. The van der Waals surface area contributed by atoms with Crippen LogP contribution in [0.15, 0.2) is 4.90 Å². The summed E-state index contributed by atoms with van der Waals surface area (Å²) >= 11 is 0. The summed E-state index contributed by atoms with van der Waals surface area (Å²) in [6.45, 7) is 3.40. The molecule has 1 fully saturated rings. The van der Waals surface area contributed by atoms with E-state index in [1.165, 1.54) is 6.92 Å². The van der Waals surface area contributed by atoms with E-state index in [4.69, 9.17) is 10.7 Å². The van der Waals surface area contributed by atoms with Gasteiger partial charge in [0.15, 0.2) is 5.69 Å². The molecule has 100 valence electrons. The SMILES string of the molecule is Cc1[nH]nc(C(=O)NC(C)C2CC2)c1S(=O)(=O)Cl. The number of H-pyrrole nitrogens is 1. The van der Waals surface area contributed by atoms with Crippen molar-refractivity contribution < 1.29 is 13.2 Å². The Morgan fingerprint density at radius 2 is 2.17 bits per heavy atom. The van der Waals surface area contributed by atoms with Gasteiger partial charge in [-0.05, 0) is 32.6 Å². The first-order valence-electron chi connectivity index (χ1n) is 5.61. The monoisotopic (exact) mass is 291 g/mol. The van der Waals surface area contributed by atoms with Crippen LogP contribution < -0.4 is 5.32 Å². The number of rotatable bonds is 4. The van der Waals surface area contributed by atoms with Gasteiger partial charge in [-0.3, -0.25) is 9.89 Å². The van der Waals surface area contributed by atoms with Crippen molar-refractivity contribution >= 4 is 25.6 Å². The summed E-state index contributed by atoms with van der Waals surface area (Å²) in [5.74, 6) is -0.0389. The molecule has 1 aromatic rings. The van der Waals surface area contributed by atoms with Crippen LogP contribution >= 0.6 is 10.7 Å². The minimum absolute atomic E-state index is 0.0142. The molecule has 1 unspecified atom stereocenters. The minimum Gasteiger partial charge on any atom is -0.348 e. The Hall–Kier alpha value is -1.08. The normalized spacial score (nSPS) is 17.5. The standard InChI is InChI=1S/C10H14ClN3O3S/c1-5(7-3-4-7)12-10(15)8-9(18(11,16)17)6(2)13-14-8/h5,7H,3-4H2,1-2H3,(H,12,15)(H,13,14). The lowest BCUT2D eigenvalue weighted by Gasteiger charge is -2.11. The number of hydrogen-bond acceptors (Lipinski definition) is 4. The van der Waals surface area contributed by atoms with E-state index in [1.54, 1.807) is 0 Å². The van der Waals surface area contributed by atoms with Crippen LogP contribution in [0.5, 0.6) is 0 Å². The molecular weight excluding hydrogens is 278 g/mol. The predicted molar refractivity (Wildman–Crippen MR) is 66.0 cm³/mol. The predicted octanol–water partition coefficient (Wildman–Crippen LogP) is 1.17. The lowest BCUT2D eigenvalue weighted by Crippen LogP contribution is -2.34. The van der Waals surface area contributed by atoms with Crippen LogP contribution in [0.1, 0.15) is 35.9 Å². The summed E-state index contributed by atoms with van der Waals surface area (Å²) in [7, 11) is 1.31. The molecule has 1 aliphatic carbocycles. The van der Waals surface area contributed by atoms with Crippen molar-refractivity contribution in [1.29, 1.82) is 0 Å². The lowest BCUT2D eigenvalue weighted by molar-refractivity contribution is 0.0927. The molecule has 1 aromatic heterocycles. The fourth-order valence-electron chi connectivity index (χ4n) is 1.86. The molecule has 1 amide bonds. The number of aromatic amines is 1. The third-order valence-electron chi connectivity index (χ3n) is 3.04. The Bertz CT molecular complexity index is 577. The second-order valence-corrected chi connectivity index (χ2v) is 7.07. The first kappa shape index (κ1) is 13.4. The van der Waals surface area contributed by atoms with Crippen molar-refractivity contribution in [3.05, 3.63) is 11.4 Å². The summed E-state index contributed by atoms with van der Waals surface area (Å²) in [5.41, 5.74) is 0.0872. The molecule has 0 spiro atoms. The molecule has 2 N–H and O–H groups in total. The molecule has 6 nitrogen and oxygen atoms in total. The van der Waals surface area contributed by atoms with Gasteiger partial charge in [-0.1, -0.05) is 0 Å². The first-order chi connectivity index (χ1) is 8.30. The summed E-state index contributed by atoms with van der Waals surface area (Å²) in [5, 5.41) is 8.92. The molecule has 1 aliphatic rings. The number of halogens is 1. The van der Waals surface area contributed by atoms with Gasteiger partial charge < -0.3 is 5.32 Å². The molecule has 18 heavy (non-hydrogen) atoms. The zero-order valence-corrected chi connectivity index (χ0v) is 11.6. The van der Waals surface area contributed by atoms with Crippen LogP contribution in [-0.2, 0) is 9.05 Å². The number of nitrogens with one attached hydrogen (secondary N) is 2. The van der Waals surface area contributed by atoms with Crippen LogP contribution in [0.2, 0.25) is 0 Å². The van der Waals surface area contributed by atoms with Gasteiger partial charge in [0.25, 0.3) is 15.0 Å². The van der Waals surface area contributed by atoms with Crippen LogP contribution in [-0.4, -0.2) is 30.6 Å². The van der Waals surface area contributed by atoms with Gasteiger partial charge in [0.2, 0.25) is 0 Å². The molecule has 8 heteroatoms. The Morgan fingerprint density at radius 1 is 1.56 bits per heavy atom. The zero-order chi connectivity index (χ0) is 13.5. The molecule has 1 heterocycles. The summed E-state index contributed by atoms with van der Waals surface area (Å²) in [4.78, 5) is 11.7. The molecule has 1 atom stereocenters. The smallest absolute Gasteiger partial charge is 0.273 e. The molecular formula is C10H14ClN3O3S. The first-order valence-corrected chi connectivity index (χ1v) is 7.92. The molecule has 1 saturated carbocycles. The van der Waals surface area contributed by atoms with Gasteiger partial charge in [-0.25, -0.2) is 8.42 Å². The molecule has 2 rings (SSSR count). The molecule has 0 radical (unpaired) electrons. The topological polar surface area (TPSA) is 91.9 Å². The van der Waals surface area contributed by atoms with Crippen LogP contribution in [0.3, 0.4) is 0 Å². The average molecular weight is 292 g/mol. The Kier molecular flexibility index (Phi) is 3.37. The highest BCUT2D eigenvalue weighted by atomic mass is 35.7. The highest BCUT2D eigenvalue weighted by Gasteiger charge is 2.32. The lowest BCUT2D eigenvalue weighted by atomic mass is 10.2. The van der Waals surface area contributed by atoms with E-state index in [9.17, 15) is 13.2 Å². The van der Waals surface area contributed by atoms with Crippen molar-refractivity contribution in [3.8, 4) is 0 Å². The van der Waals surface area contributed by atoms with E-state index >= 15 is 0 Å². The number of amides is 1. The van der Waals surface area contributed by atoms with Crippen LogP contribution in [0.25, 0.3) is 0 Å². The third-order valence-corrected chi connectivity index (χ3v) is 4.49. The second-order valence-electron chi connectivity index (χ2n) is 4.56. The molecule has 0 aromatic carbocycles. The van der Waals surface area contributed by atoms with Crippen molar-refractivity contribution in [3.63, 3.8) is 0 Å². The average Bonchev–Trinajstić information content (AvgIpc) is 2.99. The van der Waals surface area contributed by atoms with Gasteiger partial charge in [0.05, 0.1) is 5.69 Å². The number of nitrogens with zero attached hydrogens (tertiary/aromatic N) is 1. The van der Waals surface area contributed by atoms with E-state index in [0.29, 0.717) is 5.92 Å². The van der Waals surface area contributed by atoms with E-state index in [1.807, 2.05) is 6.92 Å². The van der Waals surface area contributed by atoms with Gasteiger partial charge in [-0.15, -0.1) is 0 Å². The summed E-state index contributed by atoms with van der Waals surface area (Å²) in [6.07, 6.45) is 2.17. The van der Waals surface area contributed by atoms with Crippen molar-refractivity contribution in [2.24, 2.45) is 5.92 Å². The molecule has 0 saturated heterocycles. The number of carbonyl (C=O) groups is 1. The van der Waals surface area contributed by atoms with Gasteiger partial charge in [-0.2, -0.15) is 5.10 Å². The maximum absolute atomic E-state index is 12.0. The molecule has 0 aliphatic heterocycles. The summed E-state index contributed by atoms with van der Waals surface area (Å²) in [6, 6.07) is 0.0142. The number of hydrogen-bond donors (Lipinski definition) is 2. The number of aromatic nitrogens is 2. The maximum atomic E-state index is 12.0. The largest absolute Gasteiger partial charge is 0.348 e. The van der Waals surface area contributed by atoms with Gasteiger partial charge in [0, 0.05) is 16.7 Å². The number of aryl methyl sites for hydroxylation is 1. The van der Waals surface area contributed by atoms with E-state index in [0.717, 1.165) is 12.8 Å². The third kappa shape index (κ3) is 2.67.